The summed E-state index contributed by atoms with van der Waals surface area (Å²) in [6, 6.07) is 0.940. The van der Waals surface area contributed by atoms with Crippen LogP contribution < -0.4 is 5.32 Å². The highest BCUT2D eigenvalue weighted by Gasteiger charge is 2.12. The second-order valence-corrected chi connectivity index (χ2v) is 4.87. The molecule has 94 valence electrons. The fourth-order valence-corrected chi connectivity index (χ4v) is 2.14. The van der Waals surface area contributed by atoms with Gasteiger partial charge in [0.2, 0.25) is 0 Å². The van der Waals surface area contributed by atoms with E-state index in [4.69, 9.17) is 5.11 Å². The van der Waals surface area contributed by atoms with E-state index in [-0.39, 0.29) is 11.4 Å². The third kappa shape index (κ3) is 2.80. The number of aromatic carboxylic acids is 1. The van der Waals surface area contributed by atoms with Gasteiger partial charge in [-0.3, -0.25) is 0 Å². The lowest BCUT2D eigenvalue weighted by Gasteiger charge is -2.06. The molecule has 0 aliphatic carbocycles. The number of aryl methyl sites for hydroxylation is 1. The van der Waals surface area contributed by atoms with Crippen LogP contribution in [0.1, 0.15) is 20.2 Å². The lowest BCUT2D eigenvalue weighted by molar-refractivity contribution is 0.0697. The summed E-state index contributed by atoms with van der Waals surface area (Å²) in [6.07, 6.45) is 2.68. The SMILES string of the molecule is Cc1ncc(CNc2ncc(F)cc2C(=O)O)s1. The number of pyridine rings is 1. The predicted octanol–water partition coefficient (Wildman–Crippen LogP) is 2.30. The highest BCUT2D eigenvalue weighted by molar-refractivity contribution is 7.11. The molecule has 2 aromatic rings. The van der Waals surface area contributed by atoms with Crippen LogP contribution in [0.2, 0.25) is 0 Å². The molecule has 0 spiro atoms. The average Bonchev–Trinajstić information content (AvgIpc) is 2.73. The molecule has 0 fully saturated rings. The monoisotopic (exact) mass is 267 g/mol. The van der Waals surface area contributed by atoms with Crippen LogP contribution in [0.25, 0.3) is 0 Å². The summed E-state index contributed by atoms with van der Waals surface area (Å²) in [4.78, 5) is 19.7. The molecular formula is C11H10FN3O2S. The predicted molar refractivity (Wildman–Crippen MR) is 65.3 cm³/mol. The minimum Gasteiger partial charge on any atom is -0.478 e. The average molecular weight is 267 g/mol. The summed E-state index contributed by atoms with van der Waals surface area (Å²) in [5.74, 6) is -1.74. The zero-order chi connectivity index (χ0) is 13.1. The third-order valence-electron chi connectivity index (χ3n) is 2.18. The summed E-state index contributed by atoms with van der Waals surface area (Å²) in [7, 11) is 0. The van der Waals surface area contributed by atoms with Crippen molar-refractivity contribution >= 4 is 23.1 Å². The second kappa shape index (κ2) is 5.09. The maximum Gasteiger partial charge on any atom is 0.339 e. The van der Waals surface area contributed by atoms with Gasteiger partial charge < -0.3 is 10.4 Å². The lowest BCUT2D eigenvalue weighted by atomic mass is 10.2. The van der Waals surface area contributed by atoms with E-state index in [2.05, 4.69) is 15.3 Å². The molecular weight excluding hydrogens is 257 g/mol. The summed E-state index contributed by atoms with van der Waals surface area (Å²) in [6.45, 7) is 2.29. The van der Waals surface area contributed by atoms with Gasteiger partial charge in [-0.25, -0.2) is 19.2 Å². The minimum absolute atomic E-state index is 0.148. The molecule has 0 bridgehead atoms. The van der Waals surface area contributed by atoms with E-state index in [1.54, 1.807) is 6.20 Å². The van der Waals surface area contributed by atoms with Gasteiger partial charge in [0.05, 0.1) is 17.7 Å². The number of aromatic nitrogens is 2. The molecule has 2 rings (SSSR count). The van der Waals surface area contributed by atoms with Crippen molar-refractivity contribution in [3.05, 3.63) is 39.7 Å². The smallest absolute Gasteiger partial charge is 0.339 e. The highest BCUT2D eigenvalue weighted by atomic mass is 32.1. The van der Waals surface area contributed by atoms with Crippen LogP contribution in [0, 0.1) is 12.7 Å². The van der Waals surface area contributed by atoms with Crippen molar-refractivity contribution in [1.82, 2.24) is 9.97 Å². The first-order valence-corrected chi connectivity index (χ1v) is 5.92. The number of halogens is 1. The normalized spacial score (nSPS) is 10.3. The molecule has 0 atom stereocenters. The molecule has 0 aliphatic heterocycles. The van der Waals surface area contributed by atoms with Crippen molar-refractivity contribution in [3.8, 4) is 0 Å². The second-order valence-electron chi connectivity index (χ2n) is 3.55. The fourth-order valence-electron chi connectivity index (χ4n) is 1.40. The van der Waals surface area contributed by atoms with E-state index in [0.717, 1.165) is 22.1 Å². The highest BCUT2D eigenvalue weighted by Crippen LogP contribution is 2.17. The summed E-state index contributed by atoms with van der Waals surface area (Å²) >= 11 is 1.50. The van der Waals surface area contributed by atoms with Crippen LogP contribution in [-0.2, 0) is 6.54 Å². The molecule has 2 heterocycles. The van der Waals surface area contributed by atoms with Gasteiger partial charge in [-0.15, -0.1) is 11.3 Å². The van der Waals surface area contributed by atoms with E-state index < -0.39 is 11.8 Å². The number of thiazole rings is 1. The Balaban J connectivity index is 2.16. The zero-order valence-corrected chi connectivity index (χ0v) is 10.3. The van der Waals surface area contributed by atoms with Crippen LogP contribution in [0.15, 0.2) is 18.5 Å². The molecule has 2 N–H and O–H groups in total. The number of carboxylic acid groups (broad SMARTS) is 1. The van der Waals surface area contributed by atoms with Crippen LogP contribution in [0.5, 0.6) is 0 Å². The number of rotatable bonds is 4. The zero-order valence-electron chi connectivity index (χ0n) is 9.48. The third-order valence-corrected chi connectivity index (χ3v) is 3.10. The number of carbonyl (C=O) groups is 1. The first-order valence-electron chi connectivity index (χ1n) is 5.10. The van der Waals surface area contributed by atoms with Crippen molar-refractivity contribution < 1.29 is 14.3 Å². The number of nitrogens with one attached hydrogen (secondary N) is 1. The topological polar surface area (TPSA) is 75.1 Å². The first kappa shape index (κ1) is 12.4. The van der Waals surface area contributed by atoms with Gasteiger partial charge in [0.15, 0.2) is 0 Å². The maximum absolute atomic E-state index is 12.9. The molecule has 0 unspecified atom stereocenters. The molecule has 5 nitrogen and oxygen atoms in total. The Labute approximate surface area is 106 Å². The summed E-state index contributed by atoms with van der Waals surface area (Å²) in [5.41, 5.74) is -0.184. The van der Waals surface area contributed by atoms with Crippen molar-refractivity contribution in [2.75, 3.05) is 5.32 Å². The van der Waals surface area contributed by atoms with Gasteiger partial charge in [0, 0.05) is 11.1 Å². The van der Waals surface area contributed by atoms with Crippen LogP contribution >= 0.6 is 11.3 Å². The molecule has 0 amide bonds. The molecule has 7 heteroatoms. The maximum atomic E-state index is 12.9. The Morgan fingerprint density at radius 1 is 1.50 bits per heavy atom. The number of hydrogen-bond acceptors (Lipinski definition) is 5. The summed E-state index contributed by atoms with van der Waals surface area (Å²) < 4.78 is 12.9. The standard InChI is InChI=1S/C11H10FN3O2S/c1-6-13-4-8(18-6)5-15-10-9(11(16)17)2-7(12)3-14-10/h2-4H,5H2,1H3,(H,14,15)(H,16,17). The first-order chi connectivity index (χ1) is 8.56. The largest absolute Gasteiger partial charge is 0.478 e. The molecule has 2 aromatic heterocycles. The minimum atomic E-state index is -1.22. The molecule has 18 heavy (non-hydrogen) atoms. The van der Waals surface area contributed by atoms with Crippen molar-refractivity contribution in [2.45, 2.75) is 13.5 Å². The van der Waals surface area contributed by atoms with Gasteiger partial charge in [-0.2, -0.15) is 0 Å². The van der Waals surface area contributed by atoms with Crippen LogP contribution in [-0.4, -0.2) is 21.0 Å². The summed E-state index contributed by atoms with van der Waals surface area (Å²) in [5, 5.41) is 12.7. The van der Waals surface area contributed by atoms with Crippen molar-refractivity contribution in [1.29, 1.82) is 0 Å². The van der Waals surface area contributed by atoms with Gasteiger partial charge in [0.1, 0.15) is 17.2 Å². The van der Waals surface area contributed by atoms with E-state index in [9.17, 15) is 9.18 Å². The Morgan fingerprint density at radius 3 is 2.89 bits per heavy atom. The molecule has 0 saturated carbocycles. The van der Waals surface area contributed by atoms with Gasteiger partial charge in [-0.1, -0.05) is 0 Å². The van der Waals surface area contributed by atoms with Crippen LogP contribution in [0.4, 0.5) is 10.2 Å². The van der Waals surface area contributed by atoms with Crippen molar-refractivity contribution in [3.63, 3.8) is 0 Å². The van der Waals surface area contributed by atoms with E-state index in [0.29, 0.717) is 6.54 Å². The van der Waals surface area contributed by atoms with E-state index in [1.165, 1.54) is 11.3 Å². The molecule has 0 aliphatic rings. The molecule has 0 saturated heterocycles. The number of carboxylic acids is 1. The van der Waals surface area contributed by atoms with E-state index in [1.807, 2.05) is 6.92 Å². The number of nitrogens with zero attached hydrogens (tertiary/aromatic N) is 2. The van der Waals surface area contributed by atoms with Crippen molar-refractivity contribution in [2.24, 2.45) is 0 Å². The Hall–Kier alpha value is -2.02. The molecule has 0 aromatic carbocycles. The van der Waals surface area contributed by atoms with Crippen LogP contribution in [0.3, 0.4) is 0 Å². The van der Waals surface area contributed by atoms with E-state index >= 15 is 0 Å². The molecule has 0 radical (unpaired) electrons. The Bertz CT molecular complexity index is 585. The quantitative estimate of drug-likeness (QED) is 0.889. The van der Waals surface area contributed by atoms with Gasteiger partial charge >= 0.3 is 5.97 Å². The lowest BCUT2D eigenvalue weighted by Crippen LogP contribution is -2.08. The Morgan fingerprint density at radius 2 is 2.28 bits per heavy atom. The Kier molecular flexibility index (Phi) is 3.52. The number of hydrogen-bond donors (Lipinski definition) is 2. The number of anilines is 1. The van der Waals surface area contributed by atoms with Gasteiger partial charge in [-0.05, 0) is 13.0 Å². The fraction of sp³-hybridized carbons (Fsp3) is 0.182. The van der Waals surface area contributed by atoms with Gasteiger partial charge in [0.25, 0.3) is 0 Å².